The Morgan fingerprint density at radius 2 is 1.95 bits per heavy atom. The first-order chi connectivity index (χ1) is 10.2. The van der Waals surface area contributed by atoms with Crippen LogP contribution in [-0.4, -0.2) is 45.8 Å². The van der Waals surface area contributed by atoms with Crippen LogP contribution >= 0.6 is 0 Å². The van der Waals surface area contributed by atoms with Gasteiger partial charge >= 0.3 is 17.9 Å². The number of allylic oxidation sites excluding steroid dienone is 3. The number of nitrogens with one attached hydrogen (secondary N) is 1. The van der Waals surface area contributed by atoms with E-state index in [1.165, 1.54) is 0 Å². The molecule has 0 spiro atoms. The first-order valence-corrected chi connectivity index (χ1v) is 7.01. The highest BCUT2D eigenvalue weighted by Gasteiger charge is 2.38. The lowest BCUT2D eigenvalue weighted by molar-refractivity contribution is -0.142. The Balaban J connectivity index is 2.89. The Bertz CT molecular complexity index is 522. The van der Waals surface area contributed by atoms with Crippen LogP contribution in [0.15, 0.2) is 23.3 Å². The standard InChI is InChI=1S/C15H21NO6/c1-8(4-3-5-9(2)14(19)20)11-7-16-13(15(21)22)10(11)6-12(17)18/h3-4,9-10,13,16H,5-7H2,1-2H3,(H,17,18)(H,19,20)(H,21,22)/b4-3+,11-8-/t9-,10+,13?/m1/s1. The van der Waals surface area contributed by atoms with Crippen molar-refractivity contribution in [3.05, 3.63) is 23.3 Å². The van der Waals surface area contributed by atoms with Gasteiger partial charge in [-0.3, -0.25) is 14.4 Å². The molecule has 0 aromatic carbocycles. The summed E-state index contributed by atoms with van der Waals surface area (Å²) in [6, 6.07) is -0.910. The van der Waals surface area contributed by atoms with Gasteiger partial charge in [-0.15, -0.1) is 0 Å². The molecule has 0 aliphatic carbocycles. The van der Waals surface area contributed by atoms with E-state index in [1.54, 1.807) is 26.0 Å². The van der Waals surface area contributed by atoms with Crippen molar-refractivity contribution in [3.8, 4) is 0 Å². The third-order valence-electron chi connectivity index (χ3n) is 3.81. The number of carbonyl (C=O) groups is 3. The molecule has 0 amide bonds. The molecule has 4 N–H and O–H groups in total. The van der Waals surface area contributed by atoms with Crippen molar-refractivity contribution in [2.45, 2.75) is 32.7 Å². The highest BCUT2D eigenvalue weighted by molar-refractivity contribution is 5.78. The van der Waals surface area contributed by atoms with E-state index in [0.29, 0.717) is 13.0 Å². The lowest BCUT2D eigenvalue weighted by atomic mass is 9.89. The van der Waals surface area contributed by atoms with Gasteiger partial charge < -0.3 is 20.6 Å². The van der Waals surface area contributed by atoms with Gasteiger partial charge in [0.1, 0.15) is 6.04 Å². The Morgan fingerprint density at radius 1 is 1.32 bits per heavy atom. The van der Waals surface area contributed by atoms with E-state index in [4.69, 9.17) is 15.3 Å². The first kappa shape index (κ1) is 17.9. The highest BCUT2D eigenvalue weighted by atomic mass is 16.4. The maximum absolute atomic E-state index is 11.2. The van der Waals surface area contributed by atoms with E-state index in [2.05, 4.69) is 5.32 Å². The molecular formula is C15H21NO6. The second-order valence-corrected chi connectivity index (χ2v) is 5.49. The fourth-order valence-corrected chi connectivity index (χ4v) is 2.47. The van der Waals surface area contributed by atoms with Crippen molar-refractivity contribution < 1.29 is 29.7 Å². The second kappa shape index (κ2) is 7.74. The molecule has 3 atom stereocenters. The van der Waals surface area contributed by atoms with Crippen molar-refractivity contribution in [1.82, 2.24) is 5.32 Å². The van der Waals surface area contributed by atoms with Crippen LogP contribution in [0.25, 0.3) is 0 Å². The summed E-state index contributed by atoms with van der Waals surface area (Å²) in [4.78, 5) is 32.9. The molecule has 0 aromatic heterocycles. The molecule has 1 aliphatic heterocycles. The molecule has 0 saturated carbocycles. The van der Waals surface area contributed by atoms with Gasteiger partial charge in [-0.2, -0.15) is 0 Å². The Morgan fingerprint density at radius 3 is 2.45 bits per heavy atom. The summed E-state index contributed by atoms with van der Waals surface area (Å²) in [5.74, 6) is -4.10. The smallest absolute Gasteiger partial charge is 0.321 e. The van der Waals surface area contributed by atoms with E-state index < -0.39 is 35.8 Å². The zero-order valence-corrected chi connectivity index (χ0v) is 12.6. The van der Waals surface area contributed by atoms with Gasteiger partial charge in [0, 0.05) is 12.5 Å². The van der Waals surface area contributed by atoms with E-state index in [0.717, 1.165) is 11.1 Å². The van der Waals surface area contributed by atoms with Crippen molar-refractivity contribution in [1.29, 1.82) is 0 Å². The van der Waals surface area contributed by atoms with Crippen molar-refractivity contribution in [2.75, 3.05) is 6.54 Å². The van der Waals surface area contributed by atoms with Gasteiger partial charge in [-0.25, -0.2) is 0 Å². The molecule has 7 nitrogen and oxygen atoms in total. The van der Waals surface area contributed by atoms with Gasteiger partial charge in [-0.1, -0.05) is 24.6 Å². The minimum absolute atomic E-state index is 0.254. The van der Waals surface area contributed by atoms with Crippen LogP contribution in [0.2, 0.25) is 0 Å². The van der Waals surface area contributed by atoms with Crippen molar-refractivity contribution in [3.63, 3.8) is 0 Å². The zero-order valence-electron chi connectivity index (χ0n) is 12.6. The lowest BCUT2D eigenvalue weighted by Crippen LogP contribution is -2.36. The van der Waals surface area contributed by atoms with Crippen LogP contribution in [0.4, 0.5) is 0 Å². The highest BCUT2D eigenvalue weighted by Crippen LogP contribution is 2.28. The van der Waals surface area contributed by atoms with Gasteiger partial charge in [0.25, 0.3) is 0 Å². The van der Waals surface area contributed by atoms with Crippen LogP contribution in [0.3, 0.4) is 0 Å². The summed E-state index contributed by atoms with van der Waals surface area (Å²) in [5.41, 5.74) is 1.52. The second-order valence-electron chi connectivity index (χ2n) is 5.49. The predicted octanol–water partition coefficient (Wildman–Crippen LogP) is 1.12. The minimum Gasteiger partial charge on any atom is -0.481 e. The Hall–Kier alpha value is -2.15. The molecule has 0 bridgehead atoms. The lowest BCUT2D eigenvalue weighted by Gasteiger charge is -2.15. The van der Waals surface area contributed by atoms with E-state index >= 15 is 0 Å². The number of hydrogen-bond acceptors (Lipinski definition) is 4. The minimum atomic E-state index is -1.07. The molecule has 0 aromatic rings. The molecule has 0 radical (unpaired) electrons. The normalized spacial score (nSPS) is 25.2. The summed E-state index contributed by atoms with van der Waals surface area (Å²) >= 11 is 0. The molecule has 1 rings (SSSR count). The van der Waals surface area contributed by atoms with Crippen LogP contribution in [-0.2, 0) is 14.4 Å². The summed E-state index contributed by atoms with van der Waals surface area (Å²) in [6.07, 6.45) is 3.55. The number of carboxylic acids is 3. The number of aliphatic carboxylic acids is 3. The monoisotopic (exact) mass is 311 g/mol. The summed E-state index contributed by atoms with van der Waals surface area (Å²) in [6.45, 7) is 3.69. The first-order valence-electron chi connectivity index (χ1n) is 7.01. The molecule has 1 fully saturated rings. The largest absolute Gasteiger partial charge is 0.481 e. The van der Waals surface area contributed by atoms with Crippen LogP contribution in [0.1, 0.15) is 26.7 Å². The van der Waals surface area contributed by atoms with Crippen LogP contribution in [0.5, 0.6) is 0 Å². The fraction of sp³-hybridized carbons (Fsp3) is 0.533. The third-order valence-corrected chi connectivity index (χ3v) is 3.81. The number of carboxylic acid groups (broad SMARTS) is 3. The number of hydrogen-bond donors (Lipinski definition) is 4. The average molecular weight is 311 g/mol. The summed E-state index contributed by atoms with van der Waals surface area (Å²) < 4.78 is 0. The molecular weight excluding hydrogens is 290 g/mol. The topological polar surface area (TPSA) is 124 Å². The van der Waals surface area contributed by atoms with Crippen molar-refractivity contribution in [2.24, 2.45) is 11.8 Å². The fourth-order valence-electron chi connectivity index (χ4n) is 2.47. The number of rotatable bonds is 7. The van der Waals surface area contributed by atoms with E-state index in [1.807, 2.05) is 0 Å². The van der Waals surface area contributed by atoms with Gasteiger partial charge in [0.2, 0.25) is 0 Å². The molecule has 1 saturated heterocycles. The molecule has 122 valence electrons. The third kappa shape index (κ3) is 4.70. The summed E-state index contributed by atoms with van der Waals surface area (Å²) in [5, 5.41) is 29.7. The predicted molar refractivity (Wildman–Crippen MR) is 78.4 cm³/mol. The van der Waals surface area contributed by atoms with E-state index in [-0.39, 0.29) is 6.42 Å². The SMILES string of the molecule is CC(/C=C/C[C@@H](C)C(=O)O)=C1\CNC(C(=O)O)[C@H]1CC(=O)O. The Labute approximate surface area is 128 Å². The molecule has 1 unspecified atom stereocenters. The van der Waals surface area contributed by atoms with Gasteiger partial charge in [-0.05, 0) is 18.9 Å². The zero-order chi connectivity index (χ0) is 16.9. The molecule has 22 heavy (non-hydrogen) atoms. The van der Waals surface area contributed by atoms with Crippen LogP contribution in [0, 0.1) is 11.8 Å². The maximum atomic E-state index is 11.2. The molecule has 1 heterocycles. The van der Waals surface area contributed by atoms with Crippen LogP contribution < -0.4 is 5.32 Å². The average Bonchev–Trinajstić information content (AvgIpc) is 2.81. The quantitative estimate of drug-likeness (QED) is 0.555. The Kier molecular flexibility index (Phi) is 6.30. The van der Waals surface area contributed by atoms with Gasteiger partial charge in [0.15, 0.2) is 0 Å². The van der Waals surface area contributed by atoms with Gasteiger partial charge in [0.05, 0.1) is 12.3 Å². The summed E-state index contributed by atoms with van der Waals surface area (Å²) in [7, 11) is 0. The van der Waals surface area contributed by atoms with Crippen molar-refractivity contribution >= 4 is 17.9 Å². The molecule has 7 heteroatoms. The van der Waals surface area contributed by atoms with E-state index in [9.17, 15) is 14.4 Å². The molecule has 1 aliphatic rings. The maximum Gasteiger partial charge on any atom is 0.321 e.